The summed E-state index contributed by atoms with van der Waals surface area (Å²) < 4.78 is 11.6. The molecular weight excluding hydrogens is 446 g/mol. The van der Waals surface area contributed by atoms with Gasteiger partial charge in [0.05, 0.1) is 18.8 Å². The summed E-state index contributed by atoms with van der Waals surface area (Å²) in [6.07, 6.45) is 16.3. The SMILES string of the molecule is CCCCN(CCCC)c1ccc(/C=C/C=C/C=C/C2=C(C#N)C(=C(/C)C#N)/OC2(C)C)c(OC)c1. The van der Waals surface area contributed by atoms with Gasteiger partial charge in [-0.2, -0.15) is 10.5 Å². The molecule has 0 aromatic heterocycles. The quantitative estimate of drug-likeness (QED) is 0.225. The number of nitrogens with zero attached hydrogens (tertiary/aromatic N) is 3. The van der Waals surface area contributed by atoms with Crippen molar-refractivity contribution in [1.29, 1.82) is 10.5 Å². The smallest absolute Gasteiger partial charge is 0.152 e. The summed E-state index contributed by atoms with van der Waals surface area (Å²) in [5, 5.41) is 18.8. The normalized spacial score (nSPS) is 16.4. The Kier molecular flexibility index (Phi) is 11.1. The van der Waals surface area contributed by atoms with Crippen molar-refractivity contribution in [3.63, 3.8) is 0 Å². The van der Waals surface area contributed by atoms with Crippen molar-refractivity contribution in [2.75, 3.05) is 25.1 Å². The molecular formula is C31H39N3O2. The first kappa shape index (κ1) is 28.5. The Hall–Kier alpha value is -3.70. The topological polar surface area (TPSA) is 69.3 Å². The minimum absolute atomic E-state index is 0.368. The van der Waals surface area contributed by atoms with E-state index in [0.29, 0.717) is 16.9 Å². The maximum Gasteiger partial charge on any atom is 0.152 e. The molecule has 0 fully saturated rings. The number of anilines is 1. The lowest BCUT2D eigenvalue weighted by Gasteiger charge is -2.25. The lowest BCUT2D eigenvalue weighted by molar-refractivity contribution is 0.0948. The zero-order valence-electron chi connectivity index (χ0n) is 22.6. The summed E-state index contributed by atoms with van der Waals surface area (Å²) in [5.41, 5.74) is 3.12. The first-order valence-corrected chi connectivity index (χ1v) is 12.7. The molecule has 0 radical (unpaired) electrons. The van der Waals surface area contributed by atoms with E-state index in [-0.39, 0.29) is 0 Å². The van der Waals surface area contributed by atoms with Crippen LogP contribution < -0.4 is 9.64 Å². The van der Waals surface area contributed by atoms with Gasteiger partial charge in [-0.1, -0.05) is 63.1 Å². The average molecular weight is 486 g/mol. The fourth-order valence-electron chi connectivity index (χ4n) is 4.04. The standard InChI is InChI=1S/C31H39N3O2/c1-7-9-19-34(20-10-8-2)26-18-17-25(29(21-26)35-6)15-13-11-12-14-16-28-27(23-33)30(24(3)22-32)36-31(28,4)5/h11-18,21H,7-10,19-20H2,1-6H3/b12-11+,15-13+,16-14+,30-24+. The van der Waals surface area contributed by atoms with Gasteiger partial charge in [0.1, 0.15) is 23.0 Å². The van der Waals surface area contributed by atoms with Crippen LogP contribution in [0.2, 0.25) is 0 Å². The lowest BCUT2D eigenvalue weighted by Crippen LogP contribution is -2.25. The highest BCUT2D eigenvalue weighted by atomic mass is 16.5. The van der Waals surface area contributed by atoms with Crippen molar-refractivity contribution in [1.82, 2.24) is 0 Å². The molecule has 0 bridgehead atoms. The van der Waals surface area contributed by atoms with Gasteiger partial charge >= 0.3 is 0 Å². The predicted molar refractivity (Wildman–Crippen MR) is 148 cm³/mol. The molecule has 0 amide bonds. The van der Waals surface area contributed by atoms with E-state index in [0.717, 1.165) is 30.0 Å². The Morgan fingerprint density at radius 1 is 1.03 bits per heavy atom. The van der Waals surface area contributed by atoms with Gasteiger partial charge in [0.25, 0.3) is 0 Å². The Bertz CT molecular complexity index is 1130. The second kappa shape index (κ2) is 14.0. The third-order valence-corrected chi connectivity index (χ3v) is 6.14. The van der Waals surface area contributed by atoms with Crippen molar-refractivity contribution in [2.24, 2.45) is 0 Å². The minimum atomic E-state index is -0.671. The first-order valence-electron chi connectivity index (χ1n) is 12.7. The largest absolute Gasteiger partial charge is 0.496 e. The van der Waals surface area contributed by atoms with Crippen LogP contribution in [-0.4, -0.2) is 25.8 Å². The van der Waals surface area contributed by atoms with Gasteiger partial charge in [-0.15, -0.1) is 0 Å². The summed E-state index contributed by atoms with van der Waals surface area (Å²) in [6, 6.07) is 10.7. The number of rotatable bonds is 12. The van der Waals surface area contributed by atoms with Crippen LogP contribution in [0.25, 0.3) is 6.08 Å². The van der Waals surface area contributed by atoms with E-state index in [1.807, 2.05) is 50.3 Å². The third kappa shape index (κ3) is 7.40. The van der Waals surface area contributed by atoms with E-state index in [1.165, 1.54) is 31.4 Å². The fraction of sp³-hybridized carbons (Fsp3) is 0.419. The number of nitriles is 2. The molecule has 1 heterocycles. The Labute approximate surface area is 217 Å². The van der Waals surface area contributed by atoms with Crippen molar-refractivity contribution in [2.45, 2.75) is 65.9 Å². The maximum atomic E-state index is 9.63. The maximum absolute atomic E-state index is 9.63. The highest BCUT2D eigenvalue weighted by Crippen LogP contribution is 2.40. The van der Waals surface area contributed by atoms with Crippen molar-refractivity contribution < 1.29 is 9.47 Å². The summed E-state index contributed by atoms with van der Waals surface area (Å²) in [7, 11) is 1.71. The Balaban J connectivity index is 2.17. The molecule has 190 valence electrons. The van der Waals surface area contributed by atoms with E-state index in [1.54, 1.807) is 14.0 Å². The highest BCUT2D eigenvalue weighted by molar-refractivity contribution is 5.64. The van der Waals surface area contributed by atoms with Crippen molar-refractivity contribution in [3.05, 3.63) is 76.6 Å². The van der Waals surface area contributed by atoms with Crippen LogP contribution in [0.4, 0.5) is 5.69 Å². The van der Waals surface area contributed by atoms with Crippen LogP contribution in [0.1, 0.15) is 65.9 Å². The first-order chi connectivity index (χ1) is 17.3. The van der Waals surface area contributed by atoms with Gasteiger partial charge in [-0.05, 0) is 45.7 Å². The van der Waals surface area contributed by atoms with Gasteiger partial charge in [-0.3, -0.25) is 0 Å². The van der Waals surface area contributed by atoms with E-state index >= 15 is 0 Å². The second-order valence-corrected chi connectivity index (χ2v) is 9.30. The van der Waals surface area contributed by atoms with Crippen LogP contribution in [-0.2, 0) is 4.74 Å². The molecule has 5 nitrogen and oxygen atoms in total. The predicted octanol–water partition coefficient (Wildman–Crippen LogP) is 7.65. The van der Waals surface area contributed by atoms with Gasteiger partial charge in [0.2, 0.25) is 0 Å². The molecule has 0 N–H and O–H groups in total. The highest BCUT2D eigenvalue weighted by Gasteiger charge is 2.37. The molecule has 1 aromatic carbocycles. The van der Waals surface area contributed by atoms with E-state index in [9.17, 15) is 10.5 Å². The average Bonchev–Trinajstić information content (AvgIpc) is 3.15. The van der Waals surface area contributed by atoms with Crippen LogP contribution in [0.15, 0.2) is 71.1 Å². The van der Waals surface area contributed by atoms with Crippen LogP contribution in [0.3, 0.4) is 0 Å². The molecule has 0 saturated heterocycles. The number of methoxy groups -OCH3 is 1. The number of hydrogen-bond acceptors (Lipinski definition) is 5. The molecule has 1 aliphatic heterocycles. The molecule has 2 rings (SSSR count). The second-order valence-electron chi connectivity index (χ2n) is 9.30. The van der Waals surface area contributed by atoms with Crippen LogP contribution in [0.5, 0.6) is 5.75 Å². The Morgan fingerprint density at radius 3 is 2.22 bits per heavy atom. The summed E-state index contributed by atoms with van der Waals surface area (Å²) in [6.45, 7) is 12.0. The summed E-state index contributed by atoms with van der Waals surface area (Å²) in [5.74, 6) is 1.22. The summed E-state index contributed by atoms with van der Waals surface area (Å²) in [4.78, 5) is 2.45. The van der Waals surface area contributed by atoms with E-state index < -0.39 is 5.60 Å². The molecule has 5 heteroatoms. The fourth-order valence-corrected chi connectivity index (χ4v) is 4.04. The molecule has 0 unspecified atom stereocenters. The van der Waals surface area contributed by atoms with Gasteiger partial charge in [-0.25, -0.2) is 0 Å². The molecule has 0 spiro atoms. The van der Waals surface area contributed by atoms with E-state index in [4.69, 9.17) is 9.47 Å². The van der Waals surface area contributed by atoms with Gasteiger partial charge in [0.15, 0.2) is 5.76 Å². The van der Waals surface area contributed by atoms with Crippen molar-refractivity contribution >= 4 is 11.8 Å². The Morgan fingerprint density at radius 2 is 1.67 bits per heavy atom. The summed E-state index contributed by atoms with van der Waals surface area (Å²) >= 11 is 0. The number of benzene rings is 1. The monoisotopic (exact) mass is 485 g/mol. The number of unbranched alkanes of at least 4 members (excludes halogenated alkanes) is 2. The molecule has 0 atom stereocenters. The number of allylic oxidation sites excluding steroid dienone is 6. The van der Waals surface area contributed by atoms with E-state index in [2.05, 4.69) is 49.1 Å². The van der Waals surface area contributed by atoms with Gasteiger partial charge in [0, 0.05) is 36.0 Å². The van der Waals surface area contributed by atoms with Crippen LogP contribution >= 0.6 is 0 Å². The number of hydrogen-bond donors (Lipinski definition) is 0. The third-order valence-electron chi connectivity index (χ3n) is 6.14. The van der Waals surface area contributed by atoms with Crippen LogP contribution in [0, 0.1) is 22.7 Å². The van der Waals surface area contributed by atoms with Crippen molar-refractivity contribution in [3.8, 4) is 17.9 Å². The zero-order valence-corrected chi connectivity index (χ0v) is 22.6. The zero-order chi connectivity index (χ0) is 26.6. The van der Waals surface area contributed by atoms with Gasteiger partial charge < -0.3 is 14.4 Å². The molecule has 36 heavy (non-hydrogen) atoms. The molecule has 0 saturated carbocycles. The molecule has 1 aliphatic rings. The molecule has 0 aliphatic carbocycles. The lowest BCUT2D eigenvalue weighted by atomic mass is 9.95. The minimum Gasteiger partial charge on any atom is -0.496 e. The number of ether oxygens (including phenoxy) is 2. The molecule has 1 aromatic rings.